The van der Waals surface area contributed by atoms with E-state index in [1.807, 2.05) is 0 Å². The normalized spacial score (nSPS) is 23.7. The first-order chi connectivity index (χ1) is 16.4. The standard InChI is InChI=1S/C23H22F2N2O7S/c1-23(2)19(22(30)34-11-13-8-9-14(24)10-16(13)25)27-20(29)18(21(27)35(23,31)32)26-17(28)12-33-15-6-4-3-5-7-15/h3-10,18-19,21H,11-12H2,1-2H3,(H,26,28)/t18-,19+,21-/m1/s1. The highest BCUT2D eigenvalue weighted by Crippen LogP contribution is 2.46. The number of hydrogen-bond acceptors (Lipinski definition) is 7. The summed E-state index contributed by atoms with van der Waals surface area (Å²) in [5, 5.41) is 0.893. The van der Waals surface area contributed by atoms with Gasteiger partial charge in [-0.15, -0.1) is 0 Å². The summed E-state index contributed by atoms with van der Waals surface area (Å²) in [5.74, 6) is -3.87. The lowest BCUT2D eigenvalue weighted by Crippen LogP contribution is -2.72. The van der Waals surface area contributed by atoms with Gasteiger partial charge in [-0.3, -0.25) is 9.59 Å². The third-order valence-corrected chi connectivity index (χ3v) is 8.93. The Morgan fingerprint density at radius 3 is 2.46 bits per heavy atom. The quantitative estimate of drug-likeness (QED) is 0.443. The zero-order valence-electron chi connectivity index (χ0n) is 18.7. The number of para-hydroxylation sites is 1. The molecule has 2 fully saturated rings. The minimum absolute atomic E-state index is 0.117. The molecule has 0 radical (unpaired) electrons. The topological polar surface area (TPSA) is 119 Å². The second kappa shape index (κ2) is 8.91. The molecular formula is C23H22F2N2O7S. The van der Waals surface area contributed by atoms with Crippen LogP contribution in [0.25, 0.3) is 0 Å². The average molecular weight is 508 g/mol. The number of nitrogens with one attached hydrogen (secondary N) is 1. The van der Waals surface area contributed by atoms with Crippen molar-refractivity contribution in [3.05, 3.63) is 65.7 Å². The van der Waals surface area contributed by atoms with Crippen molar-refractivity contribution in [2.75, 3.05) is 6.61 Å². The SMILES string of the molecule is CC1(C)[C@H](C(=O)OCc2ccc(F)cc2F)N2C(=O)[C@@H](NC(=O)COc3ccccc3)[C@H]2S1(=O)=O. The van der Waals surface area contributed by atoms with E-state index in [1.165, 1.54) is 13.8 Å². The van der Waals surface area contributed by atoms with Crippen molar-refractivity contribution >= 4 is 27.6 Å². The van der Waals surface area contributed by atoms with Crippen LogP contribution in [0.5, 0.6) is 5.75 Å². The van der Waals surface area contributed by atoms with Crippen LogP contribution < -0.4 is 10.1 Å². The van der Waals surface area contributed by atoms with Crippen LogP contribution in [0.1, 0.15) is 19.4 Å². The molecule has 35 heavy (non-hydrogen) atoms. The van der Waals surface area contributed by atoms with Gasteiger partial charge in [0, 0.05) is 11.6 Å². The summed E-state index contributed by atoms with van der Waals surface area (Å²) in [5.41, 5.74) is -0.117. The molecule has 0 spiro atoms. The molecule has 12 heteroatoms. The lowest BCUT2D eigenvalue weighted by atomic mass is 9.96. The van der Waals surface area contributed by atoms with E-state index < -0.39 is 74.7 Å². The minimum Gasteiger partial charge on any atom is -0.484 e. The number of benzene rings is 2. The van der Waals surface area contributed by atoms with Gasteiger partial charge in [-0.2, -0.15) is 0 Å². The summed E-state index contributed by atoms with van der Waals surface area (Å²) in [6.07, 6.45) is 0. The van der Waals surface area contributed by atoms with Gasteiger partial charge in [0.25, 0.3) is 5.91 Å². The Bertz CT molecular complexity index is 1280. The van der Waals surface area contributed by atoms with E-state index in [0.717, 1.165) is 17.0 Å². The fourth-order valence-corrected chi connectivity index (χ4v) is 6.38. The van der Waals surface area contributed by atoms with Crippen LogP contribution in [0.4, 0.5) is 8.78 Å². The zero-order chi connectivity index (χ0) is 25.5. The maximum atomic E-state index is 13.9. The fraction of sp³-hybridized carbons (Fsp3) is 0.348. The molecule has 0 bridgehead atoms. The Hall–Kier alpha value is -3.54. The largest absolute Gasteiger partial charge is 0.484 e. The molecule has 0 saturated carbocycles. The molecule has 2 saturated heterocycles. The Labute approximate surface area is 199 Å². The summed E-state index contributed by atoms with van der Waals surface area (Å²) < 4.78 is 62.0. The van der Waals surface area contributed by atoms with Gasteiger partial charge in [-0.25, -0.2) is 22.0 Å². The highest BCUT2D eigenvalue weighted by Gasteiger charge is 2.72. The number of β-lactam (4-membered cyclic amide) rings is 1. The molecule has 0 aliphatic carbocycles. The first kappa shape index (κ1) is 24.6. The lowest BCUT2D eigenvalue weighted by molar-refractivity contribution is -0.165. The number of nitrogens with zero attached hydrogens (tertiary/aromatic N) is 1. The smallest absolute Gasteiger partial charge is 0.330 e. The van der Waals surface area contributed by atoms with Gasteiger partial charge in [-0.1, -0.05) is 18.2 Å². The number of esters is 1. The van der Waals surface area contributed by atoms with Gasteiger partial charge in [0.1, 0.15) is 40.8 Å². The number of carbonyl (C=O) groups excluding carboxylic acids is 3. The summed E-state index contributed by atoms with van der Waals surface area (Å²) in [6, 6.07) is 8.23. The first-order valence-corrected chi connectivity index (χ1v) is 12.1. The minimum atomic E-state index is -4.13. The van der Waals surface area contributed by atoms with E-state index in [9.17, 15) is 31.6 Å². The number of hydrogen-bond donors (Lipinski definition) is 1. The number of sulfone groups is 1. The van der Waals surface area contributed by atoms with Crippen LogP contribution in [0.3, 0.4) is 0 Å². The summed E-state index contributed by atoms with van der Waals surface area (Å²) >= 11 is 0. The number of rotatable bonds is 7. The van der Waals surface area contributed by atoms with E-state index in [-0.39, 0.29) is 5.56 Å². The third kappa shape index (κ3) is 4.22. The van der Waals surface area contributed by atoms with Crippen molar-refractivity contribution in [3.8, 4) is 5.75 Å². The van der Waals surface area contributed by atoms with Gasteiger partial charge >= 0.3 is 5.97 Å². The van der Waals surface area contributed by atoms with Crippen molar-refractivity contribution in [2.45, 2.75) is 42.7 Å². The monoisotopic (exact) mass is 508 g/mol. The highest BCUT2D eigenvalue weighted by molar-refractivity contribution is 7.94. The highest BCUT2D eigenvalue weighted by atomic mass is 32.2. The van der Waals surface area contributed by atoms with Crippen molar-refractivity contribution in [3.63, 3.8) is 0 Å². The van der Waals surface area contributed by atoms with Crippen LogP contribution >= 0.6 is 0 Å². The van der Waals surface area contributed by atoms with Crippen molar-refractivity contribution in [1.82, 2.24) is 10.2 Å². The Balaban J connectivity index is 1.45. The molecule has 2 aliphatic rings. The molecule has 2 heterocycles. The second-order valence-electron chi connectivity index (χ2n) is 8.68. The number of amides is 2. The van der Waals surface area contributed by atoms with E-state index in [4.69, 9.17) is 9.47 Å². The molecule has 186 valence electrons. The van der Waals surface area contributed by atoms with Crippen molar-refractivity contribution in [1.29, 1.82) is 0 Å². The van der Waals surface area contributed by atoms with E-state index in [0.29, 0.717) is 11.8 Å². The number of carbonyl (C=O) groups is 3. The molecule has 3 atom stereocenters. The van der Waals surface area contributed by atoms with Crippen LogP contribution in [0.2, 0.25) is 0 Å². The first-order valence-electron chi connectivity index (χ1n) is 10.6. The van der Waals surface area contributed by atoms with Gasteiger partial charge in [0.05, 0.1) is 0 Å². The lowest BCUT2D eigenvalue weighted by Gasteiger charge is -2.42. The van der Waals surface area contributed by atoms with Gasteiger partial charge in [0.2, 0.25) is 5.91 Å². The summed E-state index contributed by atoms with van der Waals surface area (Å²) in [4.78, 5) is 38.8. The third-order valence-electron chi connectivity index (χ3n) is 6.11. The molecule has 4 rings (SSSR count). The Kier molecular flexibility index (Phi) is 6.26. The van der Waals surface area contributed by atoms with E-state index >= 15 is 0 Å². The Morgan fingerprint density at radius 1 is 1.11 bits per heavy atom. The van der Waals surface area contributed by atoms with Crippen LogP contribution in [-0.4, -0.2) is 59.9 Å². The molecule has 2 aliphatic heterocycles. The fourth-order valence-electron chi connectivity index (χ4n) is 4.17. The van der Waals surface area contributed by atoms with E-state index in [1.54, 1.807) is 30.3 Å². The second-order valence-corrected chi connectivity index (χ2v) is 11.3. The predicted octanol–water partition coefficient (Wildman–Crippen LogP) is 1.32. The molecule has 0 aromatic heterocycles. The molecule has 2 amide bonds. The maximum Gasteiger partial charge on any atom is 0.330 e. The summed E-state index contributed by atoms with van der Waals surface area (Å²) in [6.45, 7) is 1.52. The van der Waals surface area contributed by atoms with Gasteiger partial charge < -0.3 is 19.7 Å². The number of halogens is 2. The predicted molar refractivity (Wildman–Crippen MR) is 117 cm³/mol. The number of fused-ring (bicyclic) bond motifs is 1. The van der Waals surface area contributed by atoms with Crippen LogP contribution in [-0.2, 0) is 35.6 Å². The van der Waals surface area contributed by atoms with Crippen molar-refractivity contribution in [2.24, 2.45) is 0 Å². The van der Waals surface area contributed by atoms with Crippen LogP contribution in [0, 0.1) is 11.6 Å². The van der Waals surface area contributed by atoms with E-state index in [2.05, 4.69) is 5.32 Å². The maximum absolute atomic E-state index is 13.9. The molecule has 0 unspecified atom stereocenters. The van der Waals surface area contributed by atoms with Crippen molar-refractivity contribution < 1.29 is 41.1 Å². The Morgan fingerprint density at radius 2 is 1.80 bits per heavy atom. The molecule has 9 nitrogen and oxygen atoms in total. The molecule has 1 N–H and O–H groups in total. The summed E-state index contributed by atoms with van der Waals surface area (Å²) in [7, 11) is -4.13. The molecular weight excluding hydrogens is 486 g/mol. The number of ether oxygens (including phenoxy) is 2. The molecule has 2 aromatic carbocycles. The average Bonchev–Trinajstić information content (AvgIpc) is 2.95. The van der Waals surface area contributed by atoms with Crippen LogP contribution in [0.15, 0.2) is 48.5 Å². The van der Waals surface area contributed by atoms with Gasteiger partial charge in [0.15, 0.2) is 21.8 Å². The zero-order valence-corrected chi connectivity index (χ0v) is 19.6. The molecule has 2 aromatic rings. The van der Waals surface area contributed by atoms with Gasteiger partial charge in [-0.05, 0) is 38.1 Å².